The van der Waals surface area contributed by atoms with E-state index in [9.17, 15) is 0 Å². The molecule has 80 valence electrons. The molecule has 0 radical (unpaired) electrons. The van der Waals surface area contributed by atoms with Gasteiger partial charge >= 0.3 is 0 Å². The molecule has 0 saturated carbocycles. The molecule has 2 heteroatoms. The van der Waals surface area contributed by atoms with E-state index in [-0.39, 0.29) is 0 Å². The second-order valence-electron chi connectivity index (χ2n) is 3.80. The highest BCUT2D eigenvalue weighted by Gasteiger charge is 2.11. The Morgan fingerprint density at radius 2 is 2.07 bits per heavy atom. The monoisotopic (exact) mass is 211 g/mol. The molecule has 0 bridgehead atoms. The minimum Gasteiger partial charge on any atom is -0.309 e. The average molecular weight is 211 g/mol. The zero-order chi connectivity index (χ0) is 10.6. The van der Waals surface area contributed by atoms with Crippen LogP contribution in [0.1, 0.15) is 48.0 Å². The molecule has 0 saturated heterocycles. The van der Waals surface area contributed by atoms with Crippen molar-refractivity contribution in [3.05, 3.63) is 21.4 Å². The quantitative estimate of drug-likeness (QED) is 0.781. The topological polar surface area (TPSA) is 12.0 Å². The molecular weight excluding hydrogens is 190 g/mol. The summed E-state index contributed by atoms with van der Waals surface area (Å²) in [4.78, 5) is 2.95. The minimum atomic E-state index is 0.562. The highest BCUT2D eigenvalue weighted by atomic mass is 32.1. The molecule has 1 rings (SSSR count). The van der Waals surface area contributed by atoms with Crippen molar-refractivity contribution < 1.29 is 0 Å². The Bertz CT molecular complexity index is 258. The highest BCUT2D eigenvalue weighted by Crippen LogP contribution is 2.28. The van der Waals surface area contributed by atoms with Crippen LogP contribution in [-0.4, -0.2) is 6.54 Å². The van der Waals surface area contributed by atoms with Crippen molar-refractivity contribution in [3.8, 4) is 0 Å². The van der Waals surface area contributed by atoms with Gasteiger partial charge in [-0.25, -0.2) is 0 Å². The summed E-state index contributed by atoms with van der Waals surface area (Å²) in [5.74, 6) is 0. The molecule has 0 aliphatic rings. The summed E-state index contributed by atoms with van der Waals surface area (Å²) in [5, 5.41) is 3.59. The first-order valence-corrected chi connectivity index (χ1v) is 6.31. The van der Waals surface area contributed by atoms with Crippen LogP contribution < -0.4 is 5.32 Å². The third-order valence-electron chi connectivity index (χ3n) is 2.58. The molecule has 0 spiro atoms. The Hall–Kier alpha value is -0.340. The largest absolute Gasteiger partial charge is 0.309 e. The van der Waals surface area contributed by atoms with E-state index in [1.54, 1.807) is 0 Å². The molecule has 0 amide bonds. The van der Waals surface area contributed by atoms with Gasteiger partial charge in [0.25, 0.3) is 0 Å². The van der Waals surface area contributed by atoms with Crippen LogP contribution >= 0.6 is 11.3 Å². The minimum absolute atomic E-state index is 0.562. The van der Waals surface area contributed by atoms with Crippen LogP contribution in [0.25, 0.3) is 0 Å². The molecule has 0 aromatic carbocycles. The summed E-state index contributed by atoms with van der Waals surface area (Å²) >= 11 is 1.93. The molecule has 1 atom stereocenters. The molecule has 1 N–H and O–H groups in total. The van der Waals surface area contributed by atoms with Crippen molar-refractivity contribution in [2.24, 2.45) is 0 Å². The first kappa shape index (κ1) is 11.7. The lowest BCUT2D eigenvalue weighted by atomic mass is 10.1. The van der Waals surface area contributed by atoms with Crippen LogP contribution in [0.3, 0.4) is 0 Å². The maximum absolute atomic E-state index is 3.59. The number of hydrogen-bond donors (Lipinski definition) is 1. The molecule has 1 unspecified atom stereocenters. The highest BCUT2D eigenvalue weighted by molar-refractivity contribution is 7.12. The van der Waals surface area contributed by atoms with Gasteiger partial charge in [-0.15, -0.1) is 11.3 Å². The second kappa shape index (κ2) is 5.52. The van der Waals surface area contributed by atoms with Gasteiger partial charge in [0.2, 0.25) is 0 Å². The SMILES string of the molecule is CCCNC(CC)c1cc(C)c(C)s1. The van der Waals surface area contributed by atoms with Crippen molar-refractivity contribution in [3.63, 3.8) is 0 Å². The van der Waals surface area contributed by atoms with Gasteiger partial charge in [0, 0.05) is 15.8 Å². The molecule has 1 aromatic heterocycles. The van der Waals surface area contributed by atoms with Gasteiger partial charge in [-0.2, -0.15) is 0 Å². The van der Waals surface area contributed by atoms with Crippen LogP contribution in [0.2, 0.25) is 0 Å². The number of thiophene rings is 1. The third kappa shape index (κ3) is 2.82. The Labute approximate surface area is 91.5 Å². The molecule has 0 fully saturated rings. The number of hydrogen-bond acceptors (Lipinski definition) is 2. The van der Waals surface area contributed by atoms with E-state index in [0.29, 0.717) is 6.04 Å². The van der Waals surface area contributed by atoms with Crippen LogP contribution in [0, 0.1) is 13.8 Å². The van der Waals surface area contributed by atoms with E-state index in [0.717, 1.165) is 6.54 Å². The Morgan fingerprint density at radius 1 is 1.36 bits per heavy atom. The van der Waals surface area contributed by atoms with Crippen molar-refractivity contribution in [2.75, 3.05) is 6.54 Å². The van der Waals surface area contributed by atoms with Crippen molar-refractivity contribution in [1.82, 2.24) is 5.32 Å². The van der Waals surface area contributed by atoms with Gasteiger partial charge in [0.1, 0.15) is 0 Å². The number of rotatable bonds is 5. The molecule has 1 aromatic rings. The first-order chi connectivity index (χ1) is 6.69. The zero-order valence-electron chi connectivity index (χ0n) is 9.68. The lowest BCUT2D eigenvalue weighted by molar-refractivity contribution is 0.525. The fourth-order valence-corrected chi connectivity index (χ4v) is 2.74. The van der Waals surface area contributed by atoms with Crippen LogP contribution in [0.4, 0.5) is 0 Å². The number of aryl methyl sites for hydroxylation is 2. The van der Waals surface area contributed by atoms with Gasteiger partial charge in [-0.1, -0.05) is 13.8 Å². The zero-order valence-corrected chi connectivity index (χ0v) is 10.5. The standard InChI is InChI=1S/C12H21NS/c1-5-7-13-11(6-2)12-8-9(3)10(4)14-12/h8,11,13H,5-7H2,1-4H3. The van der Waals surface area contributed by atoms with Crippen LogP contribution in [0.5, 0.6) is 0 Å². The van der Waals surface area contributed by atoms with E-state index in [2.05, 4.69) is 39.1 Å². The summed E-state index contributed by atoms with van der Waals surface area (Å²) < 4.78 is 0. The van der Waals surface area contributed by atoms with E-state index in [1.165, 1.54) is 28.2 Å². The molecule has 1 nitrogen and oxygen atoms in total. The van der Waals surface area contributed by atoms with E-state index in [1.807, 2.05) is 11.3 Å². The normalized spacial score (nSPS) is 13.1. The average Bonchev–Trinajstić information content (AvgIpc) is 2.48. The fourth-order valence-electron chi connectivity index (χ4n) is 1.54. The van der Waals surface area contributed by atoms with Crippen LogP contribution in [-0.2, 0) is 0 Å². The van der Waals surface area contributed by atoms with Crippen molar-refractivity contribution >= 4 is 11.3 Å². The maximum atomic E-state index is 3.59. The van der Waals surface area contributed by atoms with Crippen molar-refractivity contribution in [1.29, 1.82) is 0 Å². The number of nitrogens with one attached hydrogen (secondary N) is 1. The van der Waals surface area contributed by atoms with Crippen LogP contribution in [0.15, 0.2) is 6.07 Å². The molecular formula is C12H21NS. The van der Waals surface area contributed by atoms with Crippen molar-refractivity contribution in [2.45, 2.75) is 46.6 Å². The molecule has 14 heavy (non-hydrogen) atoms. The smallest absolute Gasteiger partial charge is 0.0412 e. The predicted molar refractivity (Wildman–Crippen MR) is 65.1 cm³/mol. The lowest BCUT2D eigenvalue weighted by Gasteiger charge is -2.14. The lowest BCUT2D eigenvalue weighted by Crippen LogP contribution is -2.20. The second-order valence-corrected chi connectivity index (χ2v) is 5.09. The Balaban J connectivity index is 2.68. The molecule has 1 heterocycles. The van der Waals surface area contributed by atoms with Gasteiger partial charge in [-0.3, -0.25) is 0 Å². The predicted octanol–water partition coefficient (Wildman–Crippen LogP) is 3.82. The van der Waals surface area contributed by atoms with Gasteiger partial charge in [0.15, 0.2) is 0 Å². The van der Waals surface area contributed by atoms with Gasteiger partial charge < -0.3 is 5.32 Å². The molecule has 0 aliphatic heterocycles. The maximum Gasteiger partial charge on any atom is 0.0412 e. The van der Waals surface area contributed by atoms with E-state index in [4.69, 9.17) is 0 Å². The Morgan fingerprint density at radius 3 is 2.50 bits per heavy atom. The van der Waals surface area contributed by atoms with Gasteiger partial charge in [0.05, 0.1) is 0 Å². The summed E-state index contributed by atoms with van der Waals surface area (Å²) in [6, 6.07) is 2.89. The summed E-state index contributed by atoms with van der Waals surface area (Å²) in [6.07, 6.45) is 2.39. The molecule has 0 aliphatic carbocycles. The fraction of sp³-hybridized carbons (Fsp3) is 0.667. The summed E-state index contributed by atoms with van der Waals surface area (Å²) in [7, 11) is 0. The van der Waals surface area contributed by atoms with Gasteiger partial charge in [-0.05, 0) is 44.9 Å². The van der Waals surface area contributed by atoms with E-state index >= 15 is 0 Å². The van der Waals surface area contributed by atoms with E-state index < -0.39 is 0 Å². The Kier molecular flexibility index (Phi) is 4.63. The first-order valence-electron chi connectivity index (χ1n) is 5.49. The summed E-state index contributed by atoms with van der Waals surface area (Å²) in [6.45, 7) is 9.98. The third-order valence-corrected chi connectivity index (χ3v) is 3.84. The summed E-state index contributed by atoms with van der Waals surface area (Å²) in [5.41, 5.74) is 1.43.